The van der Waals surface area contributed by atoms with Gasteiger partial charge in [0.2, 0.25) is 5.95 Å². The van der Waals surface area contributed by atoms with Crippen LogP contribution in [0.4, 0.5) is 5.95 Å². The fraction of sp³-hybridized carbons (Fsp3) is 0.250. The Hall–Kier alpha value is -4.40. The zero-order valence-electron chi connectivity index (χ0n) is 18.9. The molecule has 0 radical (unpaired) electrons. The van der Waals surface area contributed by atoms with Crippen molar-refractivity contribution in [2.75, 3.05) is 32.0 Å². The summed E-state index contributed by atoms with van der Waals surface area (Å²) in [5.74, 6) is 6.31. The Bertz CT molecular complexity index is 1450. The third kappa shape index (κ3) is 4.52. The van der Waals surface area contributed by atoms with Gasteiger partial charge in [0.05, 0.1) is 18.7 Å². The van der Waals surface area contributed by atoms with Gasteiger partial charge in [-0.25, -0.2) is 19.6 Å². The molecule has 3 N–H and O–H groups in total. The molecule has 11 nitrogen and oxygen atoms in total. The summed E-state index contributed by atoms with van der Waals surface area (Å²) in [6.45, 7) is 3.48. The summed E-state index contributed by atoms with van der Waals surface area (Å²) in [4.78, 5) is 31.4. The molecular weight excluding hydrogens is 448 g/mol. The highest BCUT2D eigenvalue weighted by atomic mass is 16.5. The average Bonchev–Trinajstić information content (AvgIpc) is 3.27. The van der Waals surface area contributed by atoms with Crippen LogP contribution in [0.2, 0.25) is 0 Å². The number of aromatic nitrogens is 6. The quantitative estimate of drug-likeness (QED) is 0.417. The van der Waals surface area contributed by atoms with Gasteiger partial charge < -0.3 is 20.5 Å². The number of ether oxygens (including phenoxy) is 1. The number of nitrogen functional groups attached to an aromatic ring is 1. The normalized spacial score (nSPS) is 15.3. The second-order valence-corrected chi connectivity index (χ2v) is 8.06. The SMILES string of the molecule is C[C@@](O)(C#Cc1ccc2c(C(=O)N3CCOCC3)nn(-c3ccnc(N)n3)c2c1)c1ncccn1. The second-order valence-electron chi connectivity index (χ2n) is 8.06. The molecule has 1 atom stereocenters. The summed E-state index contributed by atoms with van der Waals surface area (Å²) in [7, 11) is 0. The van der Waals surface area contributed by atoms with Gasteiger partial charge in [0.1, 0.15) is 0 Å². The number of rotatable bonds is 3. The predicted octanol–water partition coefficient (Wildman–Crippen LogP) is 0.919. The van der Waals surface area contributed by atoms with E-state index >= 15 is 0 Å². The van der Waals surface area contributed by atoms with Gasteiger partial charge in [0, 0.05) is 48.7 Å². The molecule has 1 fully saturated rings. The van der Waals surface area contributed by atoms with Gasteiger partial charge >= 0.3 is 0 Å². The minimum Gasteiger partial charge on any atom is -0.378 e. The molecule has 1 aliphatic heterocycles. The van der Waals surface area contributed by atoms with Crippen molar-refractivity contribution >= 4 is 22.8 Å². The molecule has 11 heteroatoms. The summed E-state index contributed by atoms with van der Waals surface area (Å²) in [6, 6.07) is 8.66. The lowest BCUT2D eigenvalue weighted by atomic mass is 10.1. The number of hydrogen-bond donors (Lipinski definition) is 2. The lowest BCUT2D eigenvalue weighted by Crippen LogP contribution is -2.41. The van der Waals surface area contributed by atoms with E-state index in [9.17, 15) is 9.90 Å². The van der Waals surface area contributed by atoms with Gasteiger partial charge in [-0.05, 0) is 31.2 Å². The molecule has 4 heterocycles. The first-order chi connectivity index (χ1) is 16.9. The van der Waals surface area contributed by atoms with Crippen LogP contribution in [0.5, 0.6) is 0 Å². The van der Waals surface area contributed by atoms with Crippen LogP contribution < -0.4 is 5.73 Å². The van der Waals surface area contributed by atoms with E-state index in [0.717, 1.165) is 0 Å². The molecule has 5 rings (SSSR count). The summed E-state index contributed by atoms with van der Waals surface area (Å²) < 4.78 is 6.91. The summed E-state index contributed by atoms with van der Waals surface area (Å²) in [5, 5.41) is 16.0. The van der Waals surface area contributed by atoms with Crippen LogP contribution in [-0.2, 0) is 10.3 Å². The van der Waals surface area contributed by atoms with Crippen LogP contribution in [0, 0.1) is 11.8 Å². The molecule has 0 bridgehead atoms. The molecule has 0 spiro atoms. The van der Waals surface area contributed by atoms with Crippen molar-refractivity contribution < 1.29 is 14.6 Å². The van der Waals surface area contributed by atoms with E-state index in [-0.39, 0.29) is 17.7 Å². The Labute approximate surface area is 200 Å². The van der Waals surface area contributed by atoms with Crippen LogP contribution in [0.15, 0.2) is 48.9 Å². The average molecular weight is 470 g/mol. The molecule has 35 heavy (non-hydrogen) atoms. The summed E-state index contributed by atoms with van der Waals surface area (Å²) >= 11 is 0. The topological polar surface area (TPSA) is 145 Å². The summed E-state index contributed by atoms with van der Waals surface area (Å²) in [6.07, 6.45) is 4.61. The van der Waals surface area contributed by atoms with E-state index in [1.165, 1.54) is 13.1 Å². The van der Waals surface area contributed by atoms with E-state index in [2.05, 4.69) is 36.9 Å². The lowest BCUT2D eigenvalue weighted by Gasteiger charge is -2.26. The van der Waals surface area contributed by atoms with Gasteiger partial charge in [0.15, 0.2) is 22.9 Å². The number of anilines is 1. The lowest BCUT2D eigenvalue weighted by molar-refractivity contribution is 0.0300. The number of carbonyl (C=O) groups excluding carboxylic acids is 1. The monoisotopic (exact) mass is 470 g/mol. The van der Waals surface area contributed by atoms with Crippen LogP contribution >= 0.6 is 0 Å². The maximum Gasteiger partial charge on any atom is 0.275 e. The minimum atomic E-state index is -1.55. The van der Waals surface area contributed by atoms with Gasteiger partial charge in [-0.15, -0.1) is 0 Å². The van der Waals surface area contributed by atoms with Crippen molar-refractivity contribution in [1.29, 1.82) is 0 Å². The van der Waals surface area contributed by atoms with E-state index in [4.69, 9.17) is 10.5 Å². The maximum absolute atomic E-state index is 13.3. The van der Waals surface area contributed by atoms with Crippen molar-refractivity contribution in [2.24, 2.45) is 0 Å². The van der Waals surface area contributed by atoms with Crippen LogP contribution in [0.25, 0.3) is 16.7 Å². The largest absolute Gasteiger partial charge is 0.378 e. The van der Waals surface area contributed by atoms with Gasteiger partial charge in [-0.2, -0.15) is 10.1 Å². The number of fused-ring (bicyclic) bond motifs is 1. The maximum atomic E-state index is 13.3. The molecule has 4 aromatic rings. The highest BCUT2D eigenvalue weighted by Crippen LogP contribution is 2.25. The molecule has 1 aromatic carbocycles. The van der Waals surface area contributed by atoms with Crippen molar-refractivity contribution in [3.05, 3.63) is 66.0 Å². The number of aliphatic hydroxyl groups is 1. The van der Waals surface area contributed by atoms with Gasteiger partial charge in [-0.3, -0.25) is 4.79 Å². The van der Waals surface area contributed by atoms with Crippen molar-refractivity contribution in [1.82, 2.24) is 34.6 Å². The first-order valence-corrected chi connectivity index (χ1v) is 10.9. The Kier molecular flexibility index (Phi) is 5.82. The standard InChI is InChI=1S/C24H22N8O3/c1-24(34,22-26-8-2-9-27-22)7-5-16-3-4-17-18(15-16)32(19-6-10-28-23(25)29-19)30-20(17)21(33)31-11-13-35-14-12-31/h2-4,6,8-10,15,34H,11-14H2,1H3,(H2,25,28,29)/t24-/m1/s1. The van der Waals surface area contributed by atoms with E-state index in [1.807, 2.05) is 0 Å². The fourth-order valence-corrected chi connectivity index (χ4v) is 3.72. The number of nitrogens with zero attached hydrogens (tertiary/aromatic N) is 7. The Morgan fingerprint density at radius 1 is 1.14 bits per heavy atom. The third-order valence-electron chi connectivity index (χ3n) is 5.51. The van der Waals surface area contributed by atoms with E-state index < -0.39 is 5.60 Å². The van der Waals surface area contributed by atoms with Crippen molar-refractivity contribution in [3.63, 3.8) is 0 Å². The molecule has 1 amide bonds. The number of nitrogens with two attached hydrogens (primary N) is 1. The molecule has 176 valence electrons. The number of amides is 1. The number of morpholine rings is 1. The fourth-order valence-electron chi connectivity index (χ4n) is 3.72. The van der Waals surface area contributed by atoms with Crippen molar-refractivity contribution in [3.8, 4) is 17.7 Å². The van der Waals surface area contributed by atoms with Crippen LogP contribution in [0.3, 0.4) is 0 Å². The minimum absolute atomic E-state index is 0.0852. The molecule has 0 saturated carbocycles. The molecule has 0 aliphatic carbocycles. The van der Waals surface area contributed by atoms with E-state index in [1.54, 1.807) is 52.3 Å². The highest BCUT2D eigenvalue weighted by molar-refractivity contribution is 6.05. The number of benzene rings is 1. The first-order valence-electron chi connectivity index (χ1n) is 10.9. The zero-order chi connectivity index (χ0) is 24.4. The van der Waals surface area contributed by atoms with Crippen molar-refractivity contribution in [2.45, 2.75) is 12.5 Å². The summed E-state index contributed by atoms with van der Waals surface area (Å²) in [5.41, 5.74) is 5.75. The number of carbonyl (C=O) groups is 1. The molecule has 1 saturated heterocycles. The second kappa shape index (κ2) is 9.09. The molecule has 0 unspecified atom stereocenters. The zero-order valence-corrected chi connectivity index (χ0v) is 18.9. The molecule has 1 aliphatic rings. The van der Waals surface area contributed by atoms with Gasteiger partial charge in [-0.1, -0.05) is 11.8 Å². The Morgan fingerprint density at radius 2 is 1.91 bits per heavy atom. The van der Waals surface area contributed by atoms with Crippen LogP contribution in [0.1, 0.15) is 28.8 Å². The number of hydrogen-bond acceptors (Lipinski definition) is 9. The third-order valence-corrected chi connectivity index (χ3v) is 5.51. The van der Waals surface area contributed by atoms with E-state index in [0.29, 0.717) is 54.3 Å². The van der Waals surface area contributed by atoms with Crippen LogP contribution in [-0.4, -0.2) is 71.9 Å². The Balaban J connectivity index is 1.60. The molecular formula is C24H22N8O3. The smallest absolute Gasteiger partial charge is 0.275 e. The predicted molar refractivity (Wildman–Crippen MR) is 126 cm³/mol. The highest BCUT2D eigenvalue weighted by Gasteiger charge is 2.26. The first kappa shape index (κ1) is 22.4. The Morgan fingerprint density at radius 3 is 2.66 bits per heavy atom. The molecule has 3 aromatic heterocycles. The van der Waals surface area contributed by atoms with Gasteiger partial charge in [0.25, 0.3) is 5.91 Å².